The largest absolute Gasteiger partial charge is 0.410 e. The molecule has 0 radical (unpaired) electrons. The Morgan fingerprint density at radius 2 is 2.17 bits per heavy atom. The molecule has 1 atom stereocenters. The van der Waals surface area contributed by atoms with Crippen LogP contribution in [0.25, 0.3) is 0 Å². The molecular weight excluding hydrogens is 166 g/mol. The molecule has 1 rings (SSSR count). The molecule has 64 valence electrons. The van der Waals surface area contributed by atoms with Gasteiger partial charge in [0, 0.05) is 0 Å². The van der Waals surface area contributed by atoms with Gasteiger partial charge in [-0.05, 0) is 0 Å². The predicted molar refractivity (Wildman–Crippen MR) is 35.1 cm³/mol. The summed E-state index contributed by atoms with van der Waals surface area (Å²) in [6, 6.07) is 0. The van der Waals surface area contributed by atoms with Gasteiger partial charge in [0.15, 0.2) is 11.6 Å². The van der Waals surface area contributed by atoms with E-state index in [2.05, 4.69) is 5.16 Å². The maximum Gasteiger partial charge on any atom is 0.277 e. The predicted octanol–water partition coefficient (Wildman–Crippen LogP) is -2.43. The highest BCUT2D eigenvalue weighted by Crippen LogP contribution is 2.07. The summed E-state index contributed by atoms with van der Waals surface area (Å²) in [6.45, 7) is 0. The lowest BCUT2D eigenvalue weighted by molar-refractivity contribution is -0.130. The van der Waals surface area contributed by atoms with Crippen LogP contribution in [0, 0.1) is 5.92 Å². The van der Waals surface area contributed by atoms with E-state index in [-0.39, 0.29) is 0 Å². The molecule has 1 heterocycles. The van der Waals surface area contributed by atoms with Crippen LogP contribution in [0.15, 0.2) is 5.16 Å². The lowest BCUT2D eigenvalue weighted by Gasteiger charge is -1.97. The molecule has 3 amide bonds. The highest BCUT2D eigenvalue weighted by atomic mass is 16.4. The Hall–Kier alpha value is -1.92. The number of carbonyl (C=O) groups is 3. The number of hydrogen-bond acceptors (Lipinski definition) is 5. The number of oxime groups is 1. The van der Waals surface area contributed by atoms with Crippen LogP contribution in [-0.4, -0.2) is 28.6 Å². The zero-order chi connectivity index (χ0) is 9.30. The third kappa shape index (κ3) is 1.00. The molecule has 7 nitrogen and oxygen atoms in total. The molecule has 0 aromatic rings. The normalized spacial score (nSPS) is 26.0. The molecule has 0 aliphatic carbocycles. The van der Waals surface area contributed by atoms with Crippen molar-refractivity contribution in [2.75, 3.05) is 0 Å². The summed E-state index contributed by atoms with van der Waals surface area (Å²) in [5.41, 5.74) is 4.21. The van der Waals surface area contributed by atoms with Gasteiger partial charge in [-0.2, -0.15) is 0 Å². The Morgan fingerprint density at radius 1 is 1.58 bits per heavy atom. The topological polar surface area (TPSA) is 122 Å². The van der Waals surface area contributed by atoms with Crippen LogP contribution in [0.3, 0.4) is 0 Å². The highest BCUT2D eigenvalue weighted by molar-refractivity contribution is 6.54. The Morgan fingerprint density at radius 3 is 2.50 bits per heavy atom. The third-order valence-electron chi connectivity index (χ3n) is 1.40. The molecule has 0 unspecified atom stereocenters. The average Bonchev–Trinajstić information content (AvgIpc) is 2.24. The number of hydrogen-bond donors (Lipinski definition) is 3. The maximum absolute atomic E-state index is 10.8. The Kier molecular flexibility index (Phi) is 1.78. The second kappa shape index (κ2) is 2.61. The van der Waals surface area contributed by atoms with Crippen LogP contribution in [-0.2, 0) is 14.4 Å². The number of primary amides is 1. The van der Waals surface area contributed by atoms with Crippen LogP contribution in [0.4, 0.5) is 0 Å². The first-order valence-corrected chi connectivity index (χ1v) is 2.94. The molecule has 1 fully saturated rings. The first-order valence-electron chi connectivity index (χ1n) is 2.94. The molecule has 0 spiro atoms. The van der Waals surface area contributed by atoms with Crippen LogP contribution < -0.4 is 11.1 Å². The van der Waals surface area contributed by atoms with Crippen molar-refractivity contribution in [1.29, 1.82) is 0 Å². The number of nitrogens with two attached hydrogens (primary N) is 1. The Bertz CT molecular complexity index is 295. The fraction of sp³-hybridized carbons (Fsp3) is 0.200. The van der Waals surface area contributed by atoms with E-state index < -0.39 is 29.4 Å². The number of carbonyl (C=O) groups excluding carboxylic acids is 3. The van der Waals surface area contributed by atoms with Gasteiger partial charge in [0.1, 0.15) is 0 Å². The van der Waals surface area contributed by atoms with Crippen molar-refractivity contribution < 1.29 is 19.6 Å². The van der Waals surface area contributed by atoms with E-state index in [1.807, 2.05) is 0 Å². The van der Waals surface area contributed by atoms with Gasteiger partial charge >= 0.3 is 0 Å². The standard InChI is InChI=1S/C5H5N3O4/c6-3(9)1-2(8-12)5(11)7-4(1)10/h1,12H,(H2,6,9)(H,7,10,11)/b8-2-/t1-/m1/s1. The first-order chi connectivity index (χ1) is 5.57. The van der Waals surface area contributed by atoms with Gasteiger partial charge in [-0.25, -0.2) is 0 Å². The summed E-state index contributed by atoms with van der Waals surface area (Å²) in [6.07, 6.45) is 0. The quantitative estimate of drug-likeness (QED) is 0.176. The van der Waals surface area contributed by atoms with Crippen molar-refractivity contribution in [3.8, 4) is 0 Å². The summed E-state index contributed by atoms with van der Waals surface area (Å²) in [7, 11) is 0. The molecule has 0 aromatic heterocycles. The minimum atomic E-state index is -1.47. The van der Waals surface area contributed by atoms with Gasteiger partial charge in [-0.15, -0.1) is 0 Å². The smallest absolute Gasteiger partial charge is 0.277 e. The van der Waals surface area contributed by atoms with Crippen molar-refractivity contribution in [3.05, 3.63) is 0 Å². The van der Waals surface area contributed by atoms with E-state index in [9.17, 15) is 14.4 Å². The molecule has 1 aliphatic rings. The minimum absolute atomic E-state index is 0.562. The minimum Gasteiger partial charge on any atom is -0.410 e. The summed E-state index contributed by atoms with van der Waals surface area (Å²) in [5, 5.41) is 12.5. The third-order valence-corrected chi connectivity index (χ3v) is 1.40. The van der Waals surface area contributed by atoms with Crippen molar-refractivity contribution in [2.45, 2.75) is 0 Å². The van der Waals surface area contributed by atoms with E-state index in [4.69, 9.17) is 10.9 Å². The highest BCUT2D eigenvalue weighted by Gasteiger charge is 2.42. The lowest BCUT2D eigenvalue weighted by atomic mass is 10.1. The van der Waals surface area contributed by atoms with Crippen molar-refractivity contribution >= 4 is 23.4 Å². The number of nitrogens with zero attached hydrogens (tertiary/aromatic N) is 1. The fourth-order valence-electron chi connectivity index (χ4n) is 0.870. The summed E-state index contributed by atoms with van der Waals surface area (Å²) in [5.74, 6) is -4.25. The van der Waals surface area contributed by atoms with Crippen LogP contribution >= 0.6 is 0 Å². The van der Waals surface area contributed by atoms with Gasteiger partial charge in [0.2, 0.25) is 11.8 Å². The van der Waals surface area contributed by atoms with E-state index in [0.717, 1.165) is 0 Å². The fourth-order valence-corrected chi connectivity index (χ4v) is 0.870. The second-order valence-electron chi connectivity index (χ2n) is 2.14. The zero-order valence-electron chi connectivity index (χ0n) is 5.77. The Balaban J connectivity index is 3.06. The zero-order valence-corrected chi connectivity index (χ0v) is 5.77. The molecular formula is C5H5N3O4. The van der Waals surface area contributed by atoms with Crippen molar-refractivity contribution in [1.82, 2.24) is 5.32 Å². The SMILES string of the molecule is NC(=O)[C@@H]1C(=O)NC(=O)/C1=N\O. The molecule has 7 heteroatoms. The van der Waals surface area contributed by atoms with E-state index >= 15 is 0 Å². The van der Waals surface area contributed by atoms with E-state index in [1.54, 1.807) is 5.32 Å². The molecule has 0 saturated carbocycles. The molecule has 0 bridgehead atoms. The van der Waals surface area contributed by atoms with Crippen LogP contribution in [0.1, 0.15) is 0 Å². The Labute approximate surface area is 66.2 Å². The molecule has 12 heavy (non-hydrogen) atoms. The lowest BCUT2D eigenvalue weighted by Crippen LogP contribution is -2.33. The maximum atomic E-state index is 10.8. The molecule has 0 aromatic carbocycles. The van der Waals surface area contributed by atoms with Crippen LogP contribution in [0.2, 0.25) is 0 Å². The molecule has 1 aliphatic heterocycles. The summed E-state index contributed by atoms with van der Waals surface area (Å²) < 4.78 is 0. The number of amides is 3. The van der Waals surface area contributed by atoms with E-state index in [1.165, 1.54) is 0 Å². The van der Waals surface area contributed by atoms with Gasteiger partial charge in [-0.3, -0.25) is 19.7 Å². The molecule has 1 saturated heterocycles. The van der Waals surface area contributed by atoms with Crippen LogP contribution in [0.5, 0.6) is 0 Å². The first kappa shape index (κ1) is 8.18. The van der Waals surface area contributed by atoms with Crippen molar-refractivity contribution in [3.63, 3.8) is 0 Å². The van der Waals surface area contributed by atoms with Gasteiger partial charge < -0.3 is 10.9 Å². The van der Waals surface area contributed by atoms with E-state index in [0.29, 0.717) is 0 Å². The monoisotopic (exact) mass is 171 g/mol. The number of rotatable bonds is 1. The second-order valence-corrected chi connectivity index (χ2v) is 2.14. The van der Waals surface area contributed by atoms with Gasteiger partial charge in [-0.1, -0.05) is 5.16 Å². The number of imide groups is 1. The molecule has 4 N–H and O–H groups in total. The average molecular weight is 171 g/mol. The number of nitrogens with one attached hydrogen (secondary N) is 1. The summed E-state index contributed by atoms with van der Waals surface area (Å²) in [4.78, 5) is 32.0. The van der Waals surface area contributed by atoms with Crippen molar-refractivity contribution in [2.24, 2.45) is 16.8 Å². The van der Waals surface area contributed by atoms with Gasteiger partial charge in [0.05, 0.1) is 0 Å². The van der Waals surface area contributed by atoms with Gasteiger partial charge in [0.25, 0.3) is 5.91 Å². The summed E-state index contributed by atoms with van der Waals surface area (Å²) >= 11 is 0.